The molecule has 0 radical (unpaired) electrons. The molecule has 1 aliphatic rings. The number of guanidine groups is 1. The minimum absolute atomic E-state index is 0. The van der Waals surface area contributed by atoms with Gasteiger partial charge in [0, 0.05) is 23.7 Å². The number of hydrogen-bond acceptors (Lipinski definition) is 4. The number of thiazole rings is 1. The number of aliphatic imine (C=N–C) groups is 1. The van der Waals surface area contributed by atoms with Crippen LogP contribution in [0.4, 0.5) is 0 Å². The van der Waals surface area contributed by atoms with E-state index in [9.17, 15) is 0 Å². The van der Waals surface area contributed by atoms with E-state index in [0.717, 1.165) is 23.2 Å². The Balaban J connectivity index is 0.00000200. The van der Waals surface area contributed by atoms with Gasteiger partial charge in [0.05, 0.1) is 12.2 Å². The summed E-state index contributed by atoms with van der Waals surface area (Å²) in [5, 5.41) is 7.96. The van der Waals surface area contributed by atoms with E-state index in [1.807, 2.05) is 18.8 Å². The van der Waals surface area contributed by atoms with Crippen LogP contribution in [0, 0.1) is 13.8 Å². The molecule has 1 aliphatic heterocycles. The first-order valence-corrected chi connectivity index (χ1v) is 8.64. The van der Waals surface area contributed by atoms with E-state index >= 15 is 0 Å². The molecule has 2 rings (SSSR count). The summed E-state index contributed by atoms with van der Waals surface area (Å²) in [6.45, 7) is 4.92. The first-order valence-electron chi connectivity index (χ1n) is 6.67. The van der Waals surface area contributed by atoms with Crippen molar-refractivity contribution in [2.45, 2.75) is 39.3 Å². The third-order valence-electron chi connectivity index (χ3n) is 3.20. The number of halogens is 1. The van der Waals surface area contributed by atoms with E-state index in [-0.39, 0.29) is 24.0 Å². The monoisotopic (exact) mass is 426 g/mol. The van der Waals surface area contributed by atoms with Gasteiger partial charge in [-0.3, -0.25) is 4.99 Å². The Hall–Kier alpha value is -0.0200. The Bertz CT molecular complexity index is 422. The fraction of sp³-hybridized carbons (Fsp3) is 0.692. The van der Waals surface area contributed by atoms with Crippen molar-refractivity contribution < 1.29 is 0 Å². The van der Waals surface area contributed by atoms with Crippen LogP contribution in [-0.2, 0) is 6.54 Å². The third-order valence-corrected chi connectivity index (χ3v) is 5.49. The summed E-state index contributed by atoms with van der Waals surface area (Å²) in [5.41, 5.74) is 1.13. The summed E-state index contributed by atoms with van der Waals surface area (Å²) in [4.78, 5) is 10.1. The molecule has 20 heavy (non-hydrogen) atoms. The maximum Gasteiger partial charge on any atom is 0.191 e. The lowest BCUT2D eigenvalue weighted by Crippen LogP contribution is -2.45. The average molecular weight is 426 g/mol. The van der Waals surface area contributed by atoms with Crippen LogP contribution >= 0.6 is 47.1 Å². The minimum atomic E-state index is 0. The van der Waals surface area contributed by atoms with Gasteiger partial charge in [-0.05, 0) is 32.4 Å². The molecule has 0 amide bonds. The molecule has 114 valence electrons. The van der Waals surface area contributed by atoms with Crippen LogP contribution in [0.2, 0.25) is 0 Å². The van der Waals surface area contributed by atoms with Crippen molar-refractivity contribution in [1.29, 1.82) is 0 Å². The number of rotatable bonds is 3. The Kier molecular flexibility index (Phi) is 8.20. The summed E-state index contributed by atoms with van der Waals surface area (Å²) in [7, 11) is 1.82. The molecule has 0 aliphatic carbocycles. The minimum Gasteiger partial charge on any atom is -0.353 e. The molecule has 1 aromatic heterocycles. The lowest BCUT2D eigenvalue weighted by molar-refractivity contribution is 0.582. The number of hydrogen-bond donors (Lipinski definition) is 2. The molecule has 0 spiro atoms. The van der Waals surface area contributed by atoms with E-state index < -0.39 is 0 Å². The van der Waals surface area contributed by atoms with Crippen molar-refractivity contribution >= 4 is 53.0 Å². The maximum absolute atomic E-state index is 4.53. The lowest BCUT2D eigenvalue weighted by atomic mass is 10.2. The molecule has 1 aromatic rings. The average Bonchev–Trinajstić information content (AvgIpc) is 2.75. The number of nitrogens with zero attached hydrogens (tertiary/aromatic N) is 2. The van der Waals surface area contributed by atoms with Crippen LogP contribution < -0.4 is 10.6 Å². The van der Waals surface area contributed by atoms with Crippen LogP contribution in [0.1, 0.15) is 28.4 Å². The quantitative estimate of drug-likeness (QED) is 0.444. The summed E-state index contributed by atoms with van der Waals surface area (Å²) in [6, 6.07) is 0.546. The van der Waals surface area contributed by atoms with Gasteiger partial charge in [0.1, 0.15) is 5.01 Å². The number of aromatic nitrogens is 1. The fourth-order valence-electron chi connectivity index (χ4n) is 2.02. The molecular weight excluding hydrogens is 403 g/mol. The Morgan fingerprint density at radius 2 is 2.25 bits per heavy atom. The highest BCUT2D eigenvalue weighted by Crippen LogP contribution is 2.17. The highest BCUT2D eigenvalue weighted by Gasteiger charge is 2.15. The molecule has 2 N–H and O–H groups in total. The van der Waals surface area contributed by atoms with Crippen LogP contribution in [-0.4, -0.2) is 35.5 Å². The zero-order chi connectivity index (χ0) is 13.7. The molecule has 4 nitrogen and oxygen atoms in total. The maximum atomic E-state index is 4.53. The van der Waals surface area contributed by atoms with Crippen LogP contribution in [0.5, 0.6) is 0 Å². The summed E-state index contributed by atoms with van der Waals surface area (Å²) in [5.74, 6) is 3.36. The topological polar surface area (TPSA) is 49.3 Å². The largest absolute Gasteiger partial charge is 0.353 e. The second-order valence-corrected chi connectivity index (χ2v) is 7.17. The molecule has 0 bridgehead atoms. The molecule has 2 heterocycles. The Morgan fingerprint density at radius 3 is 2.80 bits per heavy atom. The van der Waals surface area contributed by atoms with Gasteiger partial charge in [-0.2, -0.15) is 11.8 Å². The first kappa shape index (κ1) is 18.0. The third kappa shape index (κ3) is 5.40. The van der Waals surface area contributed by atoms with Crippen LogP contribution in [0.15, 0.2) is 4.99 Å². The fourth-order valence-corrected chi connectivity index (χ4v) is 3.96. The Morgan fingerprint density at radius 1 is 1.45 bits per heavy atom. The molecule has 1 unspecified atom stereocenters. The molecule has 1 saturated heterocycles. The van der Waals surface area contributed by atoms with Crippen molar-refractivity contribution in [3.05, 3.63) is 15.6 Å². The van der Waals surface area contributed by atoms with Gasteiger partial charge in [-0.1, -0.05) is 0 Å². The highest BCUT2D eigenvalue weighted by atomic mass is 127. The molecule has 1 fully saturated rings. The van der Waals surface area contributed by atoms with Gasteiger partial charge in [-0.15, -0.1) is 35.3 Å². The molecular formula is C13H23IN4S2. The standard InChI is InChI=1S/C13H22N4S2.HI/c1-9-10(2)19-12(16-9)7-15-13(14-3)17-11-5-4-6-18-8-11;/h11H,4-8H2,1-3H3,(H2,14,15,17);1H. The van der Waals surface area contributed by atoms with Gasteiger partial charge < -0.3 is 10.6 Å². The summed E-state index contributed by atoms with van der Waals surface area (Å²) in [6.07, 6.45) is 2.54. The predicted molar refractivity (Wildman–Crippen MR) is 101 cm³/mol. The van der Waals surface area contributed by atoms with Gasteiger partial charge in [-0.25, -0.2) is 4.98 Å². The number of aryl methyl sites for hydroxylation is 2. The zero-order valence-electron chi connectivity index (χ0n) is 12.2. The summed E-state index contributed by atoms with van der Waals surface area (Å²) >= 11 is 3.77. The smallest absolute Gasteiger partial charge is 0.191 e. The van der Waals surface area contributed by atoms with E-state index in [0.29, 0.717) is 6.04 Å². The van der Waals surface area contributed by atoms with Crippen molar-refractivity contribution in [1.82, 2.24) is 15.6 Å². The SMILES string of the molecule is CN=C(NCc1nc(C)c(C)s1)NC1CCCSC1.I. The van der Waals surface area contributed by atoms with E-state index in [1.54, 1.807) is 11.3 Å². The zero-order valence-corrected chi connectivity index (χ0v) is 16.2. The highest BCUT2D eigenvalue weighted by molar-refractivity contribution is 14.0. The van der Waals surface area contributed by atoms with Gasteiger partial charge in [0.15, 0.2) is 5.96 Å². The molecule has 0 saturated carbocycles. The normalized spacial score (nSPS) is 19.4. The van der Waals surface area contributed by atoms with Crippen molar-refractivity contribution in [3.8, 4) is 0 Å². The van der Waals surface area contributed by atoms with Gasteiger partial charge in [0.2, 0.25) is 0 Å². The second-order valence-electron chi connectivity index (χ2n) is 4.73. The lowest BCUT2D eigenvalue weighted by Gasteiger charge is -2.24. The van der Waals surface area contributed by atoms with E-state index in [4.69, 9.17) is 0 Å². The van der Waals surface area contributed by atoms with Crippen LogP contribution in [0.25, 0.3) is 0 Å². The first-order chi connectivity index (χ1) is 9.19. The van der Waals surface area contributed by atoms with Crippen molar-refractivity contribution in [2.24, 2.45) is 4.99 Å². The number of nitrogens with one attached hydrogen (secondary N) is 2. The summed E-state index contributed by atoms with van der Waals surface area (Å²) < 4.78 is 0. The second kappa shape index (κ2) is 9.09. The molecule has 0 aromatic carbocycles. The van der Waals surface area contributed by atoms with Gasteiger partial charge in [0.25, 0.3) is 0 Å². The molecule has 7 heteroatoms. The predicted octanol–water partition coefficient (Wildman–Crippen LogP) is 2.94. The molecule has 1 atom stereocenters. The van der Waals surface area contributed by atoms with Gasteiger partial charge >= 0.3 is 0 Å². The van der Waals surface area contributed by atoms with Crippen molar-refractivity contribution in [3.63, 3.8) is 0 Å². The van der Waals surface area contributed by atoms with E-state index in [2.05, 4.69) is 34.5 Å². The Labute approximate surface area is 146 Å². The van der Waals surface area contributed by atoms with E-state index in [1.165, 1.54) is 29.2 Å². The van der Waals surface area contributed by atoms with Crippen LogP contribution in [0.3, 0.4) is 0 Å². The number of thioether (sulfide) groups is 1. The van der Waals surface area contributed by atoms with Crippen molar-refractivity contribution in [2.75, 3.05) is 18.6 Å².